The fourth-order valence-corrected chi connectivity index (χ4v) is 7.61. The molecule has 2 N–H and O–H groups in total. The summed E-state index contributed by atoms with van der Waals surface area (Å²) in [5, 5.41) is 22.1. The van der Waals surface area contributed by atoms with Gasteiger partial charge in [-0.1, -0.05) is 26.3 Å². The van der Waals surface area contributed by atoms with Crippen LogP contribution in [0.15, 0.2) is 11.6 Å². The van der Waals surface area contributed by atoms with Crippen LogP contribution >= 0.6 is 0 Å². The molecule has 0 heterocycles. The zero-order valence-corrected chi connectivity index (χ0v) is 16.4. The van der Waals surface area contributed by atoms with Gasteiger partial charge in [0.15, 0.2) is 11.6 Å². The van der Waals surface area contributed by atoms with Gasteiger partial charge >= 0.3 is 0 Å². The molecule has 8 atom stereocenters. The maximum Gasteiger partial charge on any atom is 0.161 e. The van der Waals surface area contributed by atoms with Crippen molar-refractivity contribution in [2.45, 2.75) is 77.9 Å². The van der Waals surface area contributed by atoms with Crippen LogP contribution in [0.25, 0.3) is 0 Å². The van der Waals surface area contributed by atoms with Gasteiger partial charge in [-0.05, 0) is 68.8 Å². The summed E-state index contributed by atoms with van der Waals surface area (Å²) in [6, 6.07) is 0. The molecule has 144 valence electrons. The van der Waals surface area contributed by atoms with Crippen LogP contribution in [0.4, 0.5) is 0 Å². The van der Waals surface area contributed by atoms with Crippen molar-refractivity contribution in [2.75, 3.05) is 0 Å². The Kier molecular flexibility index (Phi) is 3.89. The topological polar surface area (TPSA) is 74.6 Å². The second-order valence-electron chi connectivity index (χ2n) is 9.99. The van der Waals surface area contributed by atoms with E-state index in [-0.39, 0.29) is 34.7 Å². The van der Waals surface area contributed by atoms with Gasteiger partial charge in [0.05, 0.1) is 6.10 Å². The molecular formula is C22H32O4. The normalized spacial score (nSPS) is 53.4. The van der Waals surface area contributed by atoms with Gasteiger partial charge < -0.3 is 10.2 Å². The molecule has 4 heteroatoms. The SMILES string of the molecule is CC(=O)[C@@]1(O)CC[C@H]2[C@@H]3CC(C)C4=CC(=O)CC(O)[C@]4(C)[C@H]3CC[C@@]21C. The third-order valence-corrected chi connectivity index (χ3v) is 9.12. The number of rotatable bonds is 1. The Hall–Kier alpha value is -1.00. The van der Waals surface area contributed by atoms with Gasteiger partial charge in [0.1, 0.15) is 5.60 Å². The van der Waals surface area contributed by atoms with E-state index in [4.69, 9.17) is 0 Å². The van der Waals surface area contributed by atoms with Crippen molar-refractivity contribution in [1.29, 1.82) is 0 Å². The van der Waals surface area contributed by atoms with Crippen molar-refractivity contribution >= 4 is 11.6 Å². The van der Waals surface area contributed by atoms with Gasteiger partial charge in [0.25, 0.3) is 0 Å². The molecule has 0 aliphatic heterocycles. The summed E-state index contributed by atoms with van der Waals surface area (Å²) in [6.45, 7) is 7.96. The minimum absolute atomic E-state index is 0.0442. The van der Waals surface area contributed by atoms with Crippen molar-refractivity contribution in [1.82, 2.24) is 0 Å². The van der Waals surface area contributed by atoms with E-state index in [0.29, 0.717) is 24.2 Å². The standard InChI is InChI=1S/C22H32O4/c1-12-9-15-16-6-8-22(26,13(2)23)20(16,3)7-5-17(15)21(4)18(12)10-14(24)11-19(21)25/h10,12,15-17,19,25-26H,5-9,11H2,1-4H3/t12?,15-,16-,17-,19?,20-,21+,22-/m0/s1. The Balaban J connectivity index is 1.76. The summed E-state index contributed by atoms with van der Waals surface area (Å²) in [6.07, 6.45) is 5.54. The molecular weight excluding hydrogens is 328 g/mol. The molecule has 3 saturated carbocycles. The number of hydrogen-bond acceptors (Lipinski definition) is 4. The molecule has 4 rings (SSSR count). The molecule has 26 heavy (non-hydrogen) atoms. The lowest BCUT2D eigenvalue weighted by molar-refractivity contribution is -0.166. The van der Waals surface area contributed by atoms with Crippen molar-refractivity contribution in [2.24, 2.45) is 34.5 Å². The van der Waals surface area contributed by atoms with Crippen LogP contribution in [0.3, 0.4) is 0 Å². The summed E-state index contributed by atoms with van der Waals surface area (Å²) < 4.78 is 0. The Morgan fingerprint density at radius 3 is 2.50 bits per heavy atom. The van der Waals surface area contributed by atoms with Crippen LogP contribution < -0.4 is 0 Å². The zero-order valence-electron chi connectivity index (χ0n) is 16.4. The highest BCUT2D eigenvalue weighted by molar-refractivity contribution is 5.92. The maximum atomic E-state index is 12.3. The van der Waals surface area contributed by atoms with E-state index in [2.05, 4.69) is 20.8 Å². The largest absolute Gasteiger partial charge is 0.392 e. The second kappa shape index (κ2) is 5.51. The molecule has 0 aromatic rings. The first kappa shape index (κ1) is 18.4. The molecule has 0 bridgehead atoms. The van der Waals surface area contributed by atoms with Crippen molar-refractivity contribution in [3.8, 4) is 0 Å². The van der Waals surface area contributed by atoms with Gasteiger partial charge in [-0.15, -0.1) is 0 Å². The molecule has 4 aliphatic rings. The summed E-state index contributed by atoms with van der Waals surface area (Å²) in [7, 11) is 0. The summed E-state index contributed by atoms with van der Waals surface area (Å²) in [5.41, 5.74) is -0.795. The number of aliphatic hydroxyl groups excluding tert-OH is 1. The van der Waals surface area contributed by atoms with Crippen LogP contribution in [-0.2, 0) is 9.59 Å². The molecule has 4 nitrogen and oxygen atoms in total. The van der Waals surface area contributed by atoms with E-state index >= 15 is 0 Å². The van der Waals surface area contributed by atoms with Crippen molar-refractivity contribution in [3.63, 3.8) is 0 Å². The fourth-order valence-electron chi connectivity index (χ4n) is 7.61. The molecule has 0 aromatic carbocycles. The predicted octanol–water partition coefficient (Wildman–Crippen LogP) is 3.06. The van der Waals surface area contributed by atoms with E-state index in [1.807, 2.05) is 6.08 Å². The number of carbonyl (C=O) groups is 2. The molecule has 0 radical (unpaired) electrons. The van der Waals surface area contributed by atoms with E-state index in [0.717, 1.165) is 31.3 Å². The lowest BCUT2D eigenvalue weighted by Gasteiger charge is -2.61. The molecule has 0 spiro atoms. The Labute approximate surface area is 156 Å². The van der Waals surface area contributed by atoms with Gasteiger partial charge in [0.2, 0.25) is 0 Å². The first-order valence-electron chi connectivity index (χ1n) is 10.2. The minimum atomic E-state index is -1.20. The lowest BCUT2D eigenvalue weighted by Crippen LogP contribution is -2.60. The van der Waals surface area contributed by atoms with E-state index in [9.17, 15) is 19.8 Å². The fraction of sp³-hybridized carbons (Fsp3) is 0.818. The summed E-state index contributed by atoms with van der Waals surface area (Å²) >= 11 is 0. The number of ketones is 2. The average molecular weight is 360 g/mol. The number of aliphatic hydroxyl groups is 2. The second-order valence-corrected chi connectivity index (χ2v) is 9.99. The number of fused-ring (bicyclic) bond motifs is 5. The Morgan fingerprint density at radius 2 is 1.85 bits per heavy atom. The Bertz CT molecular complexity index is 696. The van der Waals surface area contributed by atoms with Crippen LogP contribution in [0, 0.1) is 34.5 Å². The minimum Gasteiger partial charge on any atom is -0.392 e. The number of carbonyl (C=O) groups excluding carboxylic acids is 2. The highest BCUT2D eigenvalue weighted by atomic mass is 16.3. The number of Topliss-reactive ketones (excluding diaryl/α,β-unsaturated/α-hetero) is 1. The average Bonchev–Trinajstić information content (AvgIpc) is 2.83. The highest BCUT2D eigenvalue weighted by Crippen LogP contribution is 2.68. The molecule has 2 unspecified atom stereocenters. The quantitative estimate of drug-likeness (QED) is 0.754. The lowest BCUT2D eigenvalue weighted by atomic mass is 9.44. The maximum absolute atomic E-state index is 12.3. The summed E-state index contributed by atoms with van der Waals surface area (Å²) in [4.78, 5) is 24.4. The van der Waals surface area contributed by atoms with E-state index < -0.39 is 11.7 Å². The molecule has 0 saturated heterocycles. The molecule has 0 amide bonds. The van der Waals surface area contributed by atoms with Gasteiger partial charge in [-0.3, -0.25) is 9.59 Å². The predicted molar refractivity (Wildman–Crippen MR) is 98.3 cm³/mol. The summed E-state index contributed by atoms with van der Waals surface area (Å²) in [5.74, 6) is 1.22. The first-order chi connectivity index (χ1) is 12.1. The van der Waals surface area contributed by atoms with Crippen molar-refractivity contribution in [3.05, 3.63) is 11.6 Å². The molecule has 0 aromatic heterocycles. The Morgan fingerprint density at radius 1 is 1.19 bits per heavy atom. The van der Waals surface area contributed by atoms with Crippen LogP contribution in [-0.4, -0.2) is 33.5 Å². The van der Waals surface area contributed by atoms with E-state index in [1.54, 1.807) is 0 Å². The third kappa shape index (κ3) is 2.03. The van der Waals surface area contributed by atoms with Gasteiger partial charge in [-0.2, -0.15) is 0 Å². The van der Waals surface area contributed by atoms with Gasteiger partial charge in [0, 0.05) is 17.3 Å². The van der Waals surface area contributed by atoms with Crippen molar-refractivity contribution < 1.29 is 19.8 Å². The van der Waals surface area contributed by atoms with E-state index in [1.165, 1.54) is 6.92 Å². The van der Waals surface area contributed by atoms with Gasteiger partial charge in [-0.25, -0.2) is 0 Å². The van der Waals surface area contributed by atoms with Crippen LogP contribution in [0.2, 0.25) is 0 Å². The molecule has 4 aliphatic carbocycles. The first-order valence-corrected chi connectivity index (χ1v) is 10.2. The highest BCUT2D eigenvalue weighted by Gasteiger charge is 2.67. The molecule has 3 fully saturated rings. The zero-order chi connectivity index (χ0) is 19.1. The number of hydrogen-bond donors (Lipinski definition) is 2. The smallest absolute Gasteiger partial charge is 0.161 e. The van der Waals surface area contributed by atoms with Crippen LogP contribution in [0.1, 0.15) is 66.2 Å². The third-order valence-electron chi connectivity index (χ3n) is 9.12. The van der Waals surface area contributed by atoms with Crippen LogP contribution in [0.5, 0.6) is 0 Å². The monoisotopic (exact) mass is 360 g/mol.